The second kappa shape index (κ2) is 6.84. The molecule has 2 aromatic carbocycles. The van der Waals surface area contributed by atoms with Gasteiger partial charge in [-0.25, -0.2) is 0 Å². The molecule has 0 aliphatic carbocycles. The highest BCUT2D eigenvalue weighted by molar-refractivity contribution is 6.07. The van der Waals surface area contributed by atoms with Crippen molar-refractivity contribution >= 4 is 33.6 Å². The minimum atomic E-state index is -0.485. The highest BCUT2D eigenvalue weighted by Gasteiger charge is 2.24. The smallest absolute Gasteiger partial charge is 0.326 e. The van der Waals surface area contributed by atoms with E-state index in [1.165, 1.54) is 4.57 Å². The molecule has 0 bridgehead atoms. The van der Waals surface area contributed by atoms with Crippen LogP contribution in [0.15, 0.2) is 59.4 Å². The van der Waals surface area contributed by atoms with Crippen LogP contribution in [0, 0.1) is 0 Å². The quantitative estimate of drug-likeness (QED) is 0.433. The fourth-order valence-corrected chi connectivity index (χ4v) is 4.00. The number of para-hydroxylation sites is 1. The summed E-state index contributed by atoms with van der Waals surface area (Å²) in [6, 6.07) is 17.1. The Balaban J connectivity index is 1.95. The van der Waals surface area contributed by atoms with E-state index in [9.17, 15) is 9.59 Å². The lowest BCUT2D eigenvalue weighted by Gasteiger charge is -2.10. The number of benzene rings is 2. The fourth-order valence-electron chi connectivity index (χ4n) is 4.00. The fraction of sp³-hybridized carbons (Fsp3) is 0.182. The van der Waals surface area contributed by atoms with Crippen molar-refractivity contribution in [1.29, 1.82) is 0 Å². The van der Waals surface area contributed by atoms with Gasteiger partial charge in [-0.1, -0.05) is 53.7 Å². The first-order chi connectivity index (χ1) is 14.6. The molecule has 5 rings (SSSR count). The van der Waals surface area contributed by atoms with Gasteiger partial charge in [-0.05, 0) is 13.0 Å². The standard InChI is InChI=1S/C22H19N5O3/c1-3-30-17(28)13-26-21-19(14-9-5-4-6-10-14)23-24-27(21)20-18(22(26)29)15-11-7-8-12-16(15)25(20)2/h4-12H,3,13H2,1-2H3. The zero-order valence-electron chi connectivity index (χ0n) is 16.6. The number of ether oxygens (including phenoxy) is 1. The van der Waals surface area contributed by atoms with Gasteiger partial charge < -0.3 is 9.30 Å². The molecule has 0 radical (unpaired) electrons. The molecular weight excluding hydrogens is 382 g/mol. The summed E-state index contributed by atoms with van der Waals surface area (Å²) in [5.74, 6) is -0.485. The van der Waals surface area contributed by atoms with Crippen molar-refractivity contribution in [1.82, 2.24) is 24.0 Å². The lowest BCUT2D eigenvalue weighted by molar-refractivity contribution is -0.143. The third kappa shape index (κ3) is 2.53. The molecule has 0 aliphatic rings. The molecule has 0 fully saturated rings. The Kier molecular flexibility index (Phi) is 4.13. The Morgan fingerprint density at radius 1 is 1.03 bits per heavy atom. The molecule has 0 atom stereocenters. The summed E-state index contributed by atoms with van der Waals surface area (Å²) in [4.78, 5) is 26.0. The topological polar surface area (TPSA) is 83.4 Å². The number of hydrogen-bond acceptors (Lipinski definition) is 5. The zero-order valence-corrected chi connectivity index (χ0v) is 16.6. The van der Waals surface area contributed by atoms with Crippen LogP contribution in [-0.2, 0) is 23.1 Å². The lowest BCUT2D eigenvalue weighted by Crippen LogP contribution is -2.28. The van der Waals surface area contributed by atoms with E-state index in [4.69, 9.17) is 4.74 Å². The van der Waals surface area contributed by atoms with Crippen LogP contribution in [0.1, 0.15) is 6.92 Å². The molecular formula is C22H19N5O3. The van der Waals surface area contributed by atoms with Gasteiger partial charge in [0.2, 0.25) is 0 Å². The van der Waals surface area contributed by atoms with Crippen molar-refractivity contribution in [3.8, 4) is 11.3 Å². The molecule has 8 nitrogen and oxygen atoms in total. The number of carbonyl (C=O) groups is 1. The first-order valence-electron chi connectivity index (χ1n) is 9.68. The summed E-state index contributed by atoms with van der Waals surface area (Å²) in [5, 5.41) is 10.0. The van der Waals surface area contributed by atoms with Crippen LogP contribution in [0.5, 0.6) is 0 Å². The summed E-state index contributed by atoms with van der Waals surface area (Å²) in [6.07, 6.45) is 0. The van der Waals surface area contributed by atoms with Crippen LogP contribution in [0.2, 0.25) is 0 Å². The molecule has 0 aliphatic heterocycles. The normalized spacial score (nSPS) is 11.5. The molecule has 0 saturated heterocycles. The molecule has 8 heteroatoms. The van der Waals surface area contributed by atoms with Gasteiger partial charge >= 0.3 is 5.97 Å². The third-order valence-corrected chi connectivity index (χ3v) is 5.28. The monoisotopic (exact) mass is 401 g/mol. The molecule has 0 amide bonds. The first-order valence-corrected chi connectivity index (χ1v) is 9.68. The Hall–Kier alpha value is -3.94. The van der Waals surface area contributed by atoms with Gasteiger partial charge in [0.05, 0.1) is 17.5 Å². The molecule has 0 unspecified atom stereocenters. The van der Waals surface area contributed by atoms with Crippen LogP contribution >= 0.6 is 0 Å². The summed E-state index contributed by atoms with van der Waals surface area (Å²) < 4.78 is 10.1. The molecule has 3 heterocycles. The van der Waals surface area contributed by atoms with Crippen LogP contribution in [0.4, 0.5) is 0 Å². The number of esters is 1. The van der Waals surface area contributed by atoms with Crippen molar-refractivity contribution in [2.24, 2.45) is 7.05 Å². The zero-order chi connectivity index (χ0) is 20.8. The highest BCUT2D eigenvalue weighted by atomic mass is 16.5. The van der Waals surface area contributed by atoms with Gasteiger partial charge in [0.25, 0.3) is 5.56 Å². The number of aryl methyl sites for hydroxylation is 1. The predicted octanol–water partition coefficient (Wildman–Crippen LogP) is 2.77. The van der Waals surface area contributed by atoms with E-state index < -0.39 is 5.97 Å². The van der Waals surface area contributed by atoms with Gasteiger partial charge in [0.1, 0.15) is 12.2 Å². The minimum Gasteiger partial charge on any atom is -0.465 e. The van der Waals surface area contributed by atoms with Crippen LogP contribution in [0.3, 0.4) is 0 Å². The van der Waals surface area contributed by atoms with Gasteiger partial charge in [-0.15, -0.1) is 5.10 Å². The average molecular weight is 401 g/mol. The maximum Gasteiger partial charge on any atom is 0.326 e. The largest absolute Gasteiger partial charge is 0.465 e. The van der Waals surface area contributed by atoms with Gasteiger partial charge in [-0.2, -0.15) is 4.52 Å². The number of nitrogens with zero attached hydrogens (tertiary/aromatic N) is 5. The molecule has 0 spiro atoms. The van der Waals surface area contributed by atoms with Crippen molar-refractivity contribution in [2.45, 2.75) is 13.5 Å². The summed E-state index contributed by atoms with van der Waals surface area (Å²) in [5.41, 5.74) is 3.05. The van der Waals surface area contributed by atoms with E-state index in [0.717, 1.165) is 16.5 Å². The van der Waals surface area contributed by atoms with E-state index in [-0.39, 0.29) is 18.7 Å². The van der Waals surface area contributed by atoms with Crippen molar-refractivity contribution in [2.75, 3.05) is 6.61 Å². The second-order valence-electron chi connectivity index (χ2n) is 7.01. The summed E-state index contributed by atoms with van der Waals surface area (Å²) >= 11 is 0. The summed E-state index contributed by atoms with van der Waals surface area (Å²) in [7, 11) is 1.89. The van der Waals surface area contributed by atoms with Crippen LogP contribution in [0.25, 0.3) is 38.8 Å². The third-order valence-electron chi connectivity index (χ3n) is 5.28. The van der Waals surface area contributed by atoms with E-state index in [0.29, 0.717) is 22.4 Å². The Morgan fingerprint density at radius 2 is 1.77 bits per heavy atom. The van der Waals surface area contributed by atoms with Crippen LogP contribution < -0.4 is 5.56 Å². The summed E-state index contributed by atoms with van der Waals surface area (Å²) in [6.45, 7) is 1.76. The van der Waals surface area contributed by atoms with Crippen molar-refractivity contribution in [3.63, 3.8) is 0 Å². The molecule has 0 N–H and O–H groups in total. The van der Waals surface area contributed by atoms with Crippen molar-refractivity contribution in [3.05, 3.63) is 65.0 Å². The van der Waals surface area contributed by atoms with E-state index in [1.54, 1.807) is 11.4 Å². The minimum absolute atomic E-state index is 0.220. The van der Waals surface area contributed by atoms with Crippen LogP contribution in [-0.4, -0.2) is 36.5 Å². The van der Waals surface area contributed by atoms with Gasteiger partial charge in [-0.3, -0.25) is 14.2 Å². The lowest BCUT2D eigenvalue weighted by atomic mass is 10.1. The number of fused-ring (bicyclic) bond motifs is 5. The molecule has 5 aromatic rings. The maximum atomic E-state index is 13.7. The van der Waals surface area contributed by atoms with E-state index in [2.05, 4.69) is 10.3 Å². The average Bonchev–Trinajstić information content (AvgIpc) is 3.32. The highest BCUT2D eigenvalue weighted by Crippen LogP contribution is 2.29. The second-order valence-corrected chi connectivity index (χ2v) is 7.01. The van der Waals surface area contributed by atoms with E-state index >= 15 is 0 Å². The van der Waals surface area contributed by atoms with Gasteiger partial charge in [0.15, 0.2) is 11.3 Å². The predicted molar refractivity (Wildman–Crippen MR) is 113 cm³/mol. The number of aromatic nitrogens is 5. The molecule has 3 aromatic heterocycles. The maximum absolute atomic E-state index is 13.7. The number of carbonyl (C=O) groups excluding carboxylic acids is 1. The molecule has 0 saturated carbocycles. The molecule has 150 valence electrons. The van der Waals surface area contributed by atoms with E-state index in [1.807, 2.05) is 66.2 Å². The number of rotatable bonds is 4. The Morgan fingerprint density at radius 3 is 2.53 bits per heavy atom. The SMILES string of the molecule is CCOC(=O)Cn1c(=O)c2c3ccccc3n(C)c2n2nnc(-c3ccccc3)c12. The Labute approximate surface area is 170 Å². The van der Waals surface area contributed by atoms with Gasteiger partial charge in [0, 0.05) is 18.0 Å². The van der Waals surface area contributed by atoms with Crippen molar-refractivity contribution < 1.29 is 9.53 Å². The Bertz CT molecular complexity index is 1480. The molecule has 30 heavy (non-hydrogen) atoms. The first kappa shape index (κ1) is 18.1. The number of hydrogen-bond donors (Lipinski definition) is 0.